The first kappa shape index (κ1) is 16.1. The van der Waals surface area contributed by atoms with E-state index in [2.05, 4.69) is 20.7 Å². The van der Waals surface area contributed by atoms with E-state index in [-0.39, 0.29) is 10.5 Å². The lowest BCUT2D eigenvalue weighted by molar-refractivity contribution is 0.0600. The third kappa shape index (κ3) is 3.34. The molecule has 0 bridgehead atoms. The summed E-state index contributed by atoms with van der Waals surface area (Å²) in [5, 5.41) is 0. The number of methoxy groups -OCH3 is 1. The van der Waals surface area contributed by atoms with Crippen LogP contribution in [0.2, 0.25) is 0 Å². The van der Waals surface area contributed by atoms with Crippen molar-refractivity contribution < 1.29 is 17.9 Å². The van der Waals surface area contributed by atoms with Crippen LogP contribution in [0.4, 0.5) is 0 Å². The molecule has 0 unspecified atom stereocenters. The molecule has 0 radical (unpaired) electrons. The number of esters is 1. The quantitative estimate of drug-likeness (QED) is 0.765. The number of ether oxygens (including phenoxy) is 1. The van der Waals surface area contributed by atoms with Crippen molar-refractivity contribution in [1.82, 2.24) is 4.31 Å². The molecule has 0 aliphatic rings. The SMILES string of the molecule is CCN(CC)S(=O)(=O)c1cc(C(=O)OC)ccc1Br. The Bertz CT molecular complexity index is 567. The second-order valence-electron chi connectivity index (χ2n) is 3.73. The Morgan fingerprint density at radius 1 is 1.32 bits per heavy atom. The number of hydrogen-bond donors (Lipinski definition) is 0. The highest BCUT2D eigenvalue weighted by Gasteiger charge is 2.25. The van der Waals surface area contributed by atoms with Gasteiger partial charge in [-0.05, 0) is 34.1 Å². The fourth-order valence-electron chi connectivity index (χ4n) is 1.65. The van der Waals surface area contributed by atoms with E-state index in [0.717, 1.165) is 0 Å². The van der Waals surface area contributed by atoms with Crippen LogP contribution in [0.15, 0.2) is 27.6 Å². The van der Waals surface area contributed by atoms with E-state index in [1.807, 2.05) is 0 Å². The molecule has 1 aromatic rings. The molecule has 0 aromatic heterocycles. The van der Waals surface area contributed by atoms with Gasteiger partial charge in [-0.25, -0.2) is 13.2 Å². The van der Waals surface area contributed by atoms with Gasteiger partial charge in [0.05, 0.1) is 17.6 Å². The molecule has 0 spiro atoms. The van der Waals surface area contributed by atoms with Crippen molar-refractivity contribution in [1.29, 1.82) is 0 Å². The molecule has 0 atom stereocenters. The Morgan fingerprint density at radius 3 is 2.37 bits per heavy atom. The molecule has 0 saturated carbocycles. The lowest BCUT2D eigenvalue weighted by Gasteiger charge is -2.19. The Hall–Kier alpha value is -0.920. The Kier molecular flexibility index (Phi) is 5.51. The van der Waals surface area contributed by atoms with Gasteiger partial charge in [0.15, 0.2) is 0 Å². The van der Waals surface area contributed by atoms with Crippen molar-refractivity contribution in [3.63, 3.8) is 0 Å². The molecule has 0 aliphatic heterocycles. The molecule has 106 valence electrons. The number of benzene rings is 1. The van der Waals surface area contributed by atoms with Crippen LogP contribution in [-0.2, 0) is 14.8 Å². The van der Waals surface area contributed by atoms with Gasteiger partial charge in [-0.3, -0.25) is 0 Å². The van der Waals surface area contributed by atoms with Crippen LogP contribution >= 0.6 is 15.9 Å². The standard InChI is InChI=1S/C12H16BrNO4S/c1-4-14(5-2)19(16,17)11-8-9(12(15)18-3)6-7-10(11)13/h6-8H,4-5H2,1-3H3. The average molecular weight is 350 g/mol. The number of halogens is 1. The van der Waals surface area contributed by atoms with Crippen LogP contribution in [0.3, 0.4) is 0 Å². The van der Waals surface area contributed by atoms with Gasteiger partial charge in [-0.1, -0.05) is 13.8 Å². The number of rotatable bonds is 5. The third-order valence-corrected chi connectivity index (χ3v) is 5.72. The van der Waals surface area contributed by atoms with Crippen molar-refractivity contribution in [3.05, 3.63) is 28.2 Å². The van der Waals surface area contributed by atoms with E-state index in [1.54, 1.807) is 13.8 Å². The summed E-state index contributed by atoms with van der Waals surface area (Å²) in [7, 11) is -2.36. The molecule has 1 rings (SSSR count). The second kappa shape index (κ2) is 6.49. The third-order valence-electron chi connectivity index (χ3n) is 2.68. The number of nitrogens with zero attached hydrogens (tertiary/aromatic N) is 1. The van der Waals surface area contributed by atoms with E-state index in [1.165, 1.54) is 29.6 Å². The average Bonchev–Trinajstić information content (AvgIpc) is 2.39. The molecule has 19 heavy (non-hydrogen) atoms. The maximum Gasteiger partial charge on any atom is 0.337 e. The fourth-order valence-corrected chi connectivity index (χ4v) is 4.06. The zero-order valence-electron chi connectivity index (χ0n) is 11.0. The first-order valence-electron chi connectivity index (χ1n) is 5.76. The summed E-state index contributed by atoms with van der Waals surface area (Å²) in [6.45, 7) is 4.26. The van der Waals surface area contributed by atoms with Crippen molar-refractivity contribution in [2.24, 2.45) is 0 Å². The molecule has 1 aromatic carbocycles. The van der Waals surface area contributed by atoms with E-state index in [9.17, 15) is 13.2 Å². The van der Waals surface area contributed by atoms with Crippen LogP contribution in [-0.4, -0.2) is 38.9 Å². The number of carbonyl (C=O) groups excluding carboxylic acids is 1. The first-order chi connectivity index (χ1) is 8.88. The van der Waals surface area contributed by atoms with Crippen molar-refractivity contribution in [2.75, 3.05) is 20.2 Å². The highest BCUT2D eigenvalue weighted by molar-refractivity contribution is 9.10. The topological polar surface area (TPSA) is 63.7 Å². The summed E-state index contributed by atoms with van der Waals surface area (Å²) in [5.41, 5.74) is 0.205. The minimum Gasteiger partial charge on any atom is -0.465 e. The smallest absolute Gasteiger partial charge is 0.337 e. The van der Waals surface area contributed by atoms with Crippen molar-refractivity contribution >= 4 is 31.9 Å². The monoisotopic (exact) mass is 349 g/mol. The molecule has 0 saturated heterocycles. The lowest BCUT2D eigenvalue weighted by Crippen LogP contribution is -2.31. The van der Waals surface area contributed by atoms with Crippen LogP contribution in [0, 0.1) is 0 Å². The summed E-state index contributed by atoms with van der Waals surface area (Å²) >= 11 is 3.21. The van der Waals surface area contributed by atoms with Gasteiger partial charge in [0.2, 0.25) is 10.0 Å². The predicted octanol–water partition coefficient (Wildman–Crippen LogP) is 2.27. The van der Waals surface area contributed by atoms with Gasteiger partial charge in [0.25, 0.3) is 0 Å². The summed E-state index contributed by atoms with van der Waals surface area (Å²) in [6, 6.07) is 4.36. The minimum atomic E-state index is -3.62. The lowest BCUT2D eigenvalue weighted by atomic mass is 10.2. The maximum absolute atomic E-state index is 12.4. The number of carbonyl (C=O) groups is 1. The van der Waals surface area contributed by atoms with E-state index >= 15 is 0 Å². The minimum absolute atomic E-state index is 0.0686. The first-order valence-corrected chi connectivity index (χ1v) is 7.99. The van der Waals surface area contributed by atoms with Gasteiger partial charge in [-0.2, -0.15) is 4.31 Å². The summed E-state index contributed by atoms with van der Waals surface area (Å²) < 4.78 is 31.2. The molecule has 0 N–H and O–H groups in total. The zero-order valence-corrected chi connectivity index (χ0v) is 13.4. The number of sulfonamides is 1. The Balaban J connectivity index is 3.37. The summed E-state index contributed by atoms with van der Waals surface area (Å²) in [4.78, 5) is 11.5. The molecular formula is C12H16BrNO4S. The van der Waals surface area contributed by atoms with Crippen LogP contribution in [0.1, 0.15) is 24.2 Å². The van der Waals surface area contributed by atoms with Crippen molar-refractivity contribution in [3.8, 4) is 0 Å². The van der Waals surface area contributed by atoms with Gasteiger partial charge < -0.3 is 4.74 Å². The fraction of sp³-hybridized carbons (Fsp3) is 0.417. The highest BCUT2D eigenvalue weighted by Crippen LogP contribution is 2.26. The molecule has 0 aliphatic carbocycles. The van der Waals surface area contributed by atoms with Gasteiger partial charge in [0, 0.05) is 17.6 Å². The van der Waals surface area contributed by atoms with Gasteiger partial charge >= 0.3 is 5.97 Å². The molecule has 0 fully saturated rings. The second-order valence-corrected chi connectivity index (χ2v) is 6.49. The molecule has 7 heteroatoms. The number of hydrogen-bond acceptors (Lipinski definition) is 4. The Labute approximate surface area is 121 Å². The van der Waals surface area contributed by atoms with Gasteiger partial charge in [0.1, 0.15) is 0 Å². The molecular weight excluding hydrogens is 334 g/mol. The molecule has 0 heterocycles. The summed E-state index contributed by atoms with van der Waals surface area (Å²) in [5.74, 6) is -0.566. The summed E-state index contributed by atoms with van der Waals surface area (Å²) in [6.07, 6.45) is 0. The highest BCUT2D eigenvalue weighted by atomic mass is 79.9. The molecule has 5 nitrogen and oxygen atoms in total. The molecule has 0 amide bonds. The van der Waals surface area contributed by atoms with E-state index in [0.29, 0.717) is 17.6 Å². The van der Waals surface area contributed by atoms with E-state index < -0.39 is 16.0 Å². The zero-order chi connectivity index (χ0) is 14.6. The maximum atomic E-state index is 12.4. The predicted molar refractivity (Wildman–Crippen MR) is 75.6 cm³/mol. The van der Waals surface area contributed by atoms with E-state index in [4.69, 9.17) is 0 Å². The Morgan fingerprint density at radius 2 is 1.89 bits per heavy atom. The van der Waals surface area contributed by atoms with Crippen LogP contribution in [0.25, 0.3) is 0 Å². The van der Waals surface area contributed by atoms with Crippen LogP contribution < -0.4 is 0 Å². The van der Waals surface area contributed by atoms with Gasteiger partial charge in [-0.15, -0.1) is 0 Å². The van der Waals surface area contributed by atoms with Crippen molar-refractivity contribution in [2.45, 2.75) is 18.7 Å². The van der Waals surface area contributed by atoms with Crippen LogP contribution in [0.5, 0.6) is 0 Å². The largest absolute Gasteiger partial charge is 0.465 e. The normalized spacial score (nSPS) is 11.6.